The summed E-state index contributed by atoms with van der Waals surface area (Å²) in [7, 11) is 1.52. The first-order valence-electron chi connectivity index (χ1n) is 4.78. The van der Waals surface area contributed by atoms with Crippen LogP contribution < -0.4 is 4.74 Å². The van der Waals surface area contributed by atoms with Gasteiger partial charge in [0.2, 0.25) is 0 Å². The average Bonchev–Trinajstić information content (AvgIpc) is 2.74. The van der Waals surface area contributed by atoms with E-state index in [0.717, 1.165) is 4.47 Å². The van der Waals surface area contributed by atoms with Crippen LogP contribution in [0.1, 0.15) is 10.4 Å². The van der Waals surface area contributed by atoms with Gasteiger partial charge in [-0.3, -0.25) is 0 Å². The van der Waals surface area contributed by atoms with Gasteiger partial charge in [0.1, 0.15) is 5.75 Å². The monoisotopic (exact) mass is 296 g/mol. The molecule has 1 heterocycles. The molecule has 4 nitrogen and oxygen atoms in total. The third-order valence-electron chi connectivity index (χ3n) is 2.31. The molecule has 0 saturated heterocycles. The van der Waals surface area contributed by atoms with Crippen LogP contribution in [0.25, 0.3) is 11.3 Å². The Hall–Kier alpha value is -1.75. The van der Waals surface area contributed by atoms with Crippen LogP contribution in [0.5, 0.6) is 5.75 Å². The molecular formula is C12H9BrO4. The van der Waals surface area contributed by atoms with Gasteiger partial charge in [-0.2, -0.15) is 0 Å². The van der Waals surface area contributed by atoms with Gasteiger partial charge >= 0.3 is 5.97 Å². The summed E-state index contributed by atoms with van der Waals surface area (Å²) in [5.41, 5.74) is 0.786. The molecule has 17 heavy (non-hydrogen) atoms. The molecule has 0 bridgehead atoms. The Kier molecular flexibility index (Phi) is 3.19. The van der Waals surface area contributed by atoms with Crippen molar-refractivity contribution in [2.75, 3.05) is 7.11 Å². The molecule has 1 N–H and O–H groups in total. The molecule has 0 atom stereocenters. The fourth-order valence-electron chi connectivity index (χ4n) is 1.50. The van der Waals surface area contributed by atoms with Gasteiger partial charge < -0.3 is 14.3 Å². The van der Waals surface area contributed by atoms with Crippen LogP contribution in [0.4, 0.5) is 0 Å². The zero-order valence-corrected chi connectivity index (χ0v) is 10.5. The van der Waals surface area contributed by atoms with Crippen LogP contribution in [-0.4, -0.2) is 18.2 Å². The summed E-state index contributed by atoms with van der Waals surface area (Å²) in [5, 5.41) is 8.96. The highest BCUT2D eigenvalue weighted by Crippen LogP contribution is 2.36. The minimum absolute atomic E-state index is 0.184. The van der Waals surface area contributed by atoms with Crippen LogP contribution in [0.15, 0.2) is 39.4 Å². The molecule has 0 amide bonds. The lowest BCUT2D eigenvalue weighted by atomic mass is 10.1. The predicted octanol–water partition coefficient (Wildman–Crippen LogP) is 3.42. The molecular weight excluding hydrogens is 288 g/mol. The number of carboxylic acids is 1. The Morgan fingerprint density at radius 2 is 2.18 bits per heavy atom. The van der Waals surface area contributed by atoms with Gasteiger partial charge in [-0.1, -0.05) is 0 Å². The molecule has 0 aliphatic heterocycles. The topological polar surface area (TPSA) is 59.7 Å². The van der Waals surface area contributed by atoms with Crippen molar-refractivity contribution in [1.82, 2.24) is 0 Å². The van der Waals surface area contributed by atoms with Crippen molar-refractivity contribution in [1.29, 1.82) is 0 Å². The van der Waals surface area contributed by atoms with Gasteiger partial charge in [0, 0.05) is 0 Å². The summed E-state index contributed by atoms with van der Waals surface area (Å²) in [4.78, 5) is 10.9. The van der Waals surface area contributed by atoms with E-state index in [2.05, 4.69) is 15.9 Å². The number of aromatic carboxylic acids is 1. The highest BCUT2D eigenvalue weighted by molar-refractivity contribution is 9.10. The van der Waals surface area contributed by atoms with Gasteiger partial charge in [-0.15, -0.1) is 0 Å². The lowest BCUT2D eigenvalue weighted by Gasteiger charge is -2.07. The molecule has 0 fully saturated rings. The van der Waals surface area contributed by atoms with Crippen LogP contribution in [0.2, 0.25) is 0 Å². The van der Waals surface area contributed by atoms with E-state index in [-0.39, 0.29) is 5.56 Å². The first-order valence-corrected chi connectivity index (χ1v) is 5.57. The van der Waals surface area contributed by atoms with E-state index in [0.29, 0.717) is 17.1 Å². The van der Waals surface area contributed by atoms with Crippen molar-refractivity contribution >= 4 is 21.9 Å². The third kappa shape index (κ3) is 2.19. The minimum Gasteiger partial charge on any atom is -0.496 e. The maximum atomic E-state index is 10.9. The molecule has 0 aliphatic rings. The second-order valence-electron chi connectivity index (χ2n) is 3.32. The molecule has 0 unspecified atom stereocenters. The van der Waals surface area contributed by atoms with Crippen molar-refractivity contribution in [3.05, 3.63) is 40.6 Å². The predicted molar refractivity (Wildman–Crippen MR) is 65.4 cm³/mol. The normalized spacial score (nSPS) is 10.2. The standard InChI is InChI=1S/C12H9BrO4/c1-16-10-3-2-7(12(14)15)6-8(10)11-9(13)4-5-17-11/h2-6H,1H3,(H,14,15). The molecule has 88 valence electrons. The number of hydrogen-bond donors (Lipinski definition) is 1. The first-order chi connectivity index (χ1) is 8.13. The number of ether oxygens (including phenoxy) is 1. The Bertz CT molecular complexity index is 559. The van der Waals surface area contributed by atoms with E-state index >= 15 is 0 Å². The summed E-state index contributed by atoms with van der Waals surface area (Å²) in [6.45, 7) is 0. The quantitative estimate of drug-likeness (QED) is 0.943. The number of hydrogen-bond acceptors (Lipinski definition) is 3. The second kappa shape index (κ2) is 4.63. The van der Waals surface area contributed by atoms with E-state index in [4.69, 9.17) is 14.3 Å². The SMILES string of the molecule is COc1ccc(C(=O)O)cc1-c1occc1Br. The molecule has 1 aromatic carbocycles. The Morgan fingerprint density at radius 1 is 1.41 bits per heavy atom. The van der Waals surface area contributed by atoms with E-state index in [1.165, 1.54) is 25.5 Å². The summed E-state index contributed by atoms with van der Waals surface area (Å²) in [6, 6.07) is 6.35. The number of carbonyl (C=O) groups is 1. The number of rotatable bonds is 3. The fourth-order valence-corrected chi connectivity index (χ4v) is 1.92. The highest BCUT2D eigenvalue weighted by Gasteiger charge is 2.15. The van der Waals surface area contributed by atoms with Crippen LogP contribution in [0, 0.1) is 0 Å². The maximum absolute atomic E-state index is 10.9. The van der Waals surface area contributed by atoms with Gasteiger partial charge in [0.05, 0.1) is 29.0 Å². The van der Waals surface area contributed by atoms with E-state index < -0.39 is 5.97 Å². The minimum atomic E-state index is -0.989. The number of furan rings is 1. The van der Waals surface area contributed by atoms with Gasteiger partial charge in [-0.25, -0.2) is 4.79 Å². The molecule has 2 aromatic rings. The van der Waals surface area contributed by atoms with E-state index in [9.17, 15) is 4.79 Å². The molecule has 1 aromatic heterocycles. The van der Waals surface area contributed by atoms with Crippen molar-refractivity contribution in [2.24, 2.45) is 0 Å². The summed E-state index contributed by atoms with van der Waals surface area (Å²) in [6.07, 6.45) is 1.52. The van der Waals surface area contributed by atoms with Crippen LogP contribution >= 0.6 is 15.9 Å². The third-order valence-corrected chi connectivity index (χ3v) is 2.93. The molecule has 0 radical (unpaired) electrons. The Balaban J connectivity index is 2.61. The smallest absolute Gasteiger partial charge is 0.335 e. The van der Waals surface area contributed by atoms with E-state index in [1.54, 1.807) is 12.1 Å². The number of carboxylic acid groups (broad SMARTS) is 1. The zero-order chi connectivity index (χ0) is 12.4. The molecule has 0 spiro atoms. The van der Waals surface area contributed by atoms with Crippen molar-refractivity contribution < 1.29 is 19.1 Å². The molecule has 5 heteroatoms. The van der Waals surface area contributed by atoms with Crippen molar-refractivity contribution in [3.63, 3.8) is 0 Å². The number of methoxy groups -OCH3 is 1. The maximum Gasteiger partial charge on any atom is 0.335 e. The number of halogens is 1. The lowest BCUT2D eigenvalue weighted by Crippen LogP contribution is -1.97. The largest absolute Gasteiger partial charge is 0.496 e. The average molecular weight is 297 g/mol. The summed E-state index contributed by atoms with van der Waals surface area (Å²) < 4.78 is 11.2. The van der Waals surface area contributed by atoms with E-state index in [1.807, 2.05) is 0 Å². The van der Waals surface area contributed by atoms with Crippen LogP contribution in [0.3, 0.4) is 0 Å². The fraction of sp³-hybridized carbons (Fsp3) is 0.0833. The van der Waals surface area contributed by atoms with Crippen molar-refractivity contribution in [2.45, 2.75) is 0 Å². The summed E-state index contributed by atoms with van der Waals surface area (Å²) in [5.74, 6) is 0.118. The van der Waals surface area contributed by atoms with Gasteiger partial charge in [-0.05, 0) is 40.2 Å². The molecule has 2 rings (SSSR count). The molecule has 0 aliphatic carbocycles. The van der Waals surface area contributed by atoms with Crippen LogP contribution in [-0.2, 0) is 0 Å². The Labute approximate surface area is 106 Å². The number of benzene rings is 1. The lowest BCUT2D eigenvalue weighted by molar-refractivity contribution is 0.0697. The summed E-state index contributed by atoms with van der Waals surface area (Å²) >= 11 is 3.33. The van der Waals surface area contributed by atoms with Crippen molar-refractivity contribution in [3.8, 4) is 17.1 Å². The zero-order valence-electron chi connectivity index (χ0n) is 8.94. The van der Waals surface area contributed by atoms with Gasteiger partial charge in [0.25, 0.3) is 0 Å². The molecule has 0 saturated carbocycles. The van der Waals surface area contributed by atoms with Gasteiger partial charge in [0.15, 0.2) is 5.76 Å². The highest BCUT2D eigenvalue weighted by atomic mass is 79.9. The Morgan fingerprint density at radius 3 is 2.71 bits per heavy atom. The second-order valence-corrected chi connectivity index (χ2v) is 4.17. The first kappa shape index (κ1) is 11.7.